The molecule has 5 nitrogen and oxygen atoms in total. The van der Waals surface area contributed by atoms with Gasteiger partial charge in [-0.25, -0.2) is 0 Å². The van der Waals surface area contributed by atoms with Crippen molar-refractivity contribution in [1.82, 2.24) is 9.80 Å². The van der Waals surface area contributed by atoms with Crippen molar-refractivity contribution in [3.8, 4) is 0 Å². The molecule has 0 spiro atoms. The van der Waals surface area contributed by atoms with Crippen LogP contribution in [0.5, 0.6) is 0 Å². The zero-order valence-corrected chi connectivity index (χ0v) is 18.8. The average Bonchev–Trinajstić information content (AvgIpc) is 3.40. The van der Waals surface area contributed by atoms with Crippen molar-refractivity contribution in [2.45, 2.75) is 19.4 Å². The number of furan rings is 1. The van der Waals surface area contributed by atoms with Crippen LogP contribution in [0.2, 0.25) is 5.02 Å². The normalized spacial score (nSPS) is 16.5. The van der Waals surface area contributed by atoms with Crippen LogP contribution in [0, 0.1) is 0 Å². The van der Waals surface area contributed by atoms with Crippen LogP contribution in [-0.4, -0.2) is 48.9 Å². The Morgan fingerprint density at radius 3 is 2.67 bits per heavy atom. The number of benzene rings is 1. The summed E-state index contributed by atoms with van der Waals surface area (Å²) in [6, 6.07) is 13.7. The molecule has 4 rings (SSSR count). The maximum atomic E-state index is 12.7. The SMILES string of the molecule is CCc1cc(C(c2cccc(Cl)c2)N2CCN(C)CC2)c(NC(=O)c2ccco2)s1. The minimum atomic E-state index is -0.228. The van der Waals surface area contributed by atoms with Gasteiger partial charge in [-0.1, -0.05) is 30.7 Å². The minimum Gasteiger partial charge on any atom is -0.459 e. The minimum absolute atomic E-state index is 0.0286. The molecular weight excluding hydrogens is 418 g/mol. The third kappa shape index (κ3) is 4.62. The van der Waals surface area contributed by atoms with Gasteiger partial charge >= 0.3 is 0 Å². The van der Waals surface area contributed by atoms with Crippen LogP contribution in [0.3, 0.4) is 0 Å². The number of nitrogens with zero attached hydrogens (tertiary/aromatic N) is 2. The predicted octanol–water partition coefficient (Wildman–Crippen LogP) is 5.15. The van der Waals surface area contributed by atoms with Gasteiger partial charge in [-0.2, -0.15) is 0 Å². The molecule has 3 heterocycles. The second kappa shape index (κ2) is 9.35. The number of hydrogen-bond acceptors (Lipinski definition) is 5. The Balaban J connectivity index is 1.74. The molecule has 1 atom stereocenters. The summed E-state index contributed by atoms with van der Waals surface area (Å²) in [7, 11) is 2.15. The number of amides is 1. The first-order valence-electron chi connectivity index (χ1n) is 10.2. The Hall–Kier alpha value is -2.12. The molecule has 0 saturated carbocycles. The molecule has 3 aromatic rings. The molecule has 2 aromatic heterocycles. The lowest BCUT2D eigenvalue weighted by Gasteiger charge is -2.38. The van der Waals surface area contributed by atoms with Crippen LogP contribution >= 0.6 is 22.9 Å². The van der Waals surface area contributed by atoms with Crippen molar-refractivity contribution in [1.29, 1.82) is 0 Å². The van der Waals surface area contributed by atoms with Crippen molar-refractivity contribution in [3.05, 3.63) is 75.5 Å². The maximum absolute atomic E-state index is 12.7. The summed E-state index contributed by atoms with van der Waals surface area (Å²) >= 11 is 7.99. The summed E-state index contributed by atoms with van der Waals surface area (Å²) < 4.78 is 5.29. The van der Waals surface area contributed by atoms with E-state index in [-0.39, 0.29) is 11.9 Å². The molecule has 0 bridgehead atoms. The molecule has 1 fully saturated rings. The topological polar surface area (TPSA) is 48.7 Å². The molecule has 1 aromatic carbocycles. The summed E-state index contributed by atoms with van der Waals surface area (Å²) in [4.78, 5) is 18.8. The van der Waals surface area contributed by atoms with Crippen LogP contribution in [0.1, 0.15) is 39.5 Å². The van der Waals surface area contributed by atoms with Crippen molar-refractivity contribution in [3.63, 3.8) is 0 Å². The highest BCUT2D eigenvalue weighted by molar-refractivity contribution is 7.16. The lowest BCUT2D eigenvalue weighted by molar-refractivity contribution is 0.0996. The molecule has 1 aliphatic heterocycles. The van der Waals surface area contributed by atoms with Crippen molar-refractivity contribution in [2.24, 2.45) is 0 Å². The van der Waals surface area contributed by atoms with Gasteiger partial charge in [0, 0.05) is 41.6 Å². The number of hydrogen-bond donors (Lipinski definition) is 1. The Kier molecular flexibility index (Phi) is 6.58. The quantitative estimate of drug-likeness (QED) is 0.572. The third-order valence-corrected chi connectivity index (χ3v) is 6.94. The fourth-order valence-electron chi connectivity index (χ4n) is 3.85. The highest BCUT2D eigenvalue weighted by atomic mass is 35.5. The van der Waals surface area contributed by atoms with E-state index < -0.39 is 0 Å². The number of piperazine rings is 1. The van der Waals surface area contributed by atoms with Crippen LogP contribution < -0.4 is 5.32 Å². The van der Waals surface area contributed by atoms with Crippen LogP contribution in [-0.2, 0) is 6.42 Å². The Morgan fingerprint density at radius 2 is 2.00 bits per heavy atom. The summed E-state index contributed by atoms with van der Waals surface area (Å²) in [5.41, 5.74) is 2.25. The Labute approximate surface area is 186 Å². The van der Waals surface area contributed by atoms with Crippen molar-refractivity contribution >= 4 is 33.8 Å². The van der Waals surface area contributed by atoms with E-state index in [1.807, 2.05) is 18.2 Å². The van der Waals surface area contributed by atoms with Gasteiger partial charge in [-0.15, -0.1) is 11.3 Å². The summed E-state index contributed by atoms with van der Waals surface area (Å²) in [5.74, 6) is 0.0836. The van der Waals surface area contributed by atoms with Gasteiger partial charge < -0.3 is 14.6 Å². The van der Waals surface area contributed by atoms with Gasteiger partial charge in [-0.05, 0) is 49.4 Å². The molecule has 1 amide bonds. The maximum Gasteiger partial charge on any atom is 0.291 e. The first kappa shape index (κ1) is 21.1. The van der Waals surface area contributed by atoms with Gasteiger partial charge in [-0.3, -0.25) is 9.69 Å². The molecule has 7 heteroatoms. The van der Waals surface area contributed by atoms with Crippen LogP contribution in [0.15, 0.2) is 53.1 Å². The fraction of sp³-hybridized carbons (Fsp3) is 0.348. The van der Waals surface area contributed by atoms with Gasteiger partial charge in [0.25, 0.3) is 5.91 Å². The first-order chi connectivity index (χ1) is 14.5. The monoisotopic (exact) mass is 443 g/mol. The molecule has 158 valence electrons. The number of carbonyl (C=O) groups excluding carboxylic acids is 1. The van der Waals surface area contributed by atoms with E-state index in [1.54, 1.807) is 23.5 Å². The molecule has 0 radical (unpaired) electrons. The van der Waals surface area contributed by atoms with Crippen LogP contribution in [0.4, 0.5) is 5.00 Å². The molecular formula is C23H26ClN3O2S. The molecule has 1 aliphatic rings. The lowest BCUT2D eigenvalue weighted by Crippen LogP contribution is -2.46. The number of nitrogens with one attached hydrogen (secondary N) is 1. The number of anilines is 1. The average molecular weight is 444 g/mol. The number of carbonyl (C=O) groups is 1. The molecule has 1 N–H and O–H groups in total. The zero-order valence-electron chi connectivity index (χ0n) is 17.2. The van der Waals surface area contributed by atoms with E-state index in [4.69, 9.17) is 16.0 Å². The van der Waals surface area contributed by atoms with E-state index in [1.165, 1.54) is 11.1 Å². The highest BCUT2D eigenvalue weighted by Crippen LogP contribution is 2.40. The zero-order chi connectivity index (χ0) is 21.1. The first-order valence-corrected chi connectivity index (χ1v) is 11.4. The number of likely N-dealkylation sites (N-methyl/N-ethyl adjacent to an activating group) is 1. The van der Waals surface area contributed by atoms with Gasteiger partial charge in [0.05, 0.1) is 12.3 Å². The lowest BCUT2D eigenvalue weighted by atomic mass is 9.97. The number of thiophene rings is 1. The second-order valence-corrected chi connectivity index (χ2v) is 9.15. The highest BCUT2D eigenvalue weighted by Gasteiger charge is 2.29. The largest absolute Gasteiger partial charge is 0.459 e. The van der Waals surface area contributed by atoms with Gasteiger partial charge in [0.2, 0.25) is 0 Å². The molecule has 0 aliphatic carbocycles. The van der Waals surface area contributed by atoms with E-state index >= 15 is 0 Å². The van der Waals surface area contributed by atoms with Crippen molar-refractivity contribution in [2.75, 3.05) is 38.5 Å². The number of halogens is 1. The van der Waals surface area contributed by atoms with E-state index in [2.05, 4.69) is 41.2 Å². The fourth-order valence-corrected chi connectivity index (χ4v) is 5.07. The summed E-state index contributed by atoms with van der Waals surface area (Å²) in [6.07, 6.45) is 2.43. The second-order valence-electron chi connectivity index (χ2n) is 7.58. The van der Waals surface area contributed by atoms with Crippen LogP contribution in [0.25, 0.3) is 0 Å². The molecule has 1 saturated heterocycles. The summed E-state index contributed by atoms with van der Waals surface area (Å²) in [6.45, 7) is 6.07. The van der Waals surface area contributed by atoms with Crippen molar-refractivity contribution < 1.29 is 9.21 Å². The molecule has 30 heavy (non-hydrogen) atoms. The standard InChI is InChI=1S/C23H26ClN3O2S/c1-3-18-15-19(23(30-18)25-22(28)20-8-5-13-29-20)21(16-6-4-7-17(24)14-16)27-11-9-26(2)10-12-27/h4-8,13-15,21H,3,9-12H2,1-2H3,(H,25,28). The number of aryl methyl sites for hydroxylation is 1. The van der Waals surface area contributed by atoms with E-state index in [9.17, 15) is 4.79 Å². The van der Waals surface area contributed by atoms with E-state index in [0.29, 0.717) is 5.76 Å². The smallest absolute Gasteiger partial charge is 0.291 e. The Morgan fingerprint density at radius 1 is 1.20 bits per heavy atom. The van der Waals surface area contributed by atoms with Gasteiger partial charge in [0.1, 0.15) is 5.00 Å². The summed E-state index contributed by atoms with van der Waals surface area (Å²) in [5, 5.41) is 4.69. The number of rotatable bonds is 6. The molecule has 1 unspecified atom stereocenters. The van der Waals surface area contributed by atoms with E-state index in [0.717, 1.165) is 53.8 Å². The third-order valence-electron chi connectivity index (χ3n) is 5.49. The Bertz CT molecular complexity index is 994. The van der Waals surface area contributed by atoms with Gasteiger partial charge in [0.15, 0.2) is 5.76 Å². The predicted molar refractivity (Wildman–Crippen MR) is 123 cm³/mol.